The van der Waals surface area contributed by atoms with Crippen LogP contribution in [0.2, 0.25) is 0 Å². The average Bonchev–Trinajstić information content (AvgIpc) is 2.61. The van der Waals surface area contributed by atoms with Crippen LogP contribution in [0.15, 0.2) is 27.4 Å². The molecule has 1 heterocycles. The van der Waals surface area contributed by atoms with E-state index in [2.05, 4.69) is 0 Å². The van der Waals surface area contributed by atoms with Crippen molar-refractivity contribution in [3.63, 3.8) is 0 Å². The summed E-state index contributed by atoms with van der Waals surface area (Å²) in [5.74, 6) is -0.266. The van der Waals surface area contributed by atoms with Crippen LogP contribution in [0, 0.1) is 0 Å². The number of benzene rings is 1. The second kappa shape index (κ2) is 4.78. The van der Waals surface area contributed by atoms with Crippen LogP contribution in [-0.2, 0) is 11.8 Å². The summed E-state index contributed by atoms with van der Waals surface area (Å²) in [5.41, 5.74) is 8.14. The number of hydrogen-bond acceptors (Lipinski definition) is 4. The second-order valence-electron chi connectivity index (χ2n) is 4.50. The molecular weight excluding hydrogens is 232 g/mol. The van der Waals surface area contributed by atoms with Crippen LogP contribution in [-0.4, -0.2) is 10.4 Å². The fourth-order valence-electron chi connectivity index (χ4n) is 1.91. The predicted octanol–water partition coefficient (Wildman–Crippen LogP) is 1.50. The van der Waals surface area contributed by atoms with Crippen molar-refractivity contribution >= 4 is 16.9 Å². The number of ketones is 1. The third kappa shape index (κ3) is 2.36. The van der Waals surface area contributed by atoms with Crippen LogP contribution in [0.25, 0.3) is 11.1 Å². The van der Waals surface area contributed by atoms with Gasteiger partial charge in [-0.15, -0.1) is 0 Å². The van der Waals surface area contributed by atoms with E-state index in [-0.39, 0.29) is 17.6 Å². The first-order valence-corrected chi connectivity index (χ1v) is 5.83. The minimum Gasteiger partial charge on any atom is -0.408 e. The predicted molar refractivity (Wildman–Crippen MR) is 68.3 cm³/mol. The number of Topliss-reactive ketones (excluding diaryl/α,β-unsaturated/α-hetero) is 1. The number of hydrogen-bond donors (Lipinski definition) is 1. The zero-order valence-electron chi connectivity index (χ0n) is 10.5. The Balaban J connectivity index is 2.29. The highest BCUT2D eigenvalue weighted by Crippen LogP contribution is 2.21. The summed E-state index contributed by atoms with van der Waals surface area (Å²) >= 11 is 0. The second-order valence-corrected chi connectivity index (χ2v) is 4.50. The fraction of sp³-hybridized carbons (Fsp3) is 0.385. The summed E-state index contributed by atoms with van der Waals surface area (Å²) in [6, 6.07) is 5.22. The number of oxazole rings is 1. The largest absolute Gasteiger partial charge is 0.419 e. The first kappa shape index (κ1) is 12.6. The molecule has 2 rings (SSSR count). The van der Waals surface area contributed by atoms with Crippen LogP contribution in [0.1, 0.15) is 31.4 Å². The lowest BCUT2D eigenvalue weighted by Crippen LogP contribution is -2.11. The van der Waals surface area contributed by atoms with Gasteiger partial charge in [-0.1, -0.05) is 6.07 Å². The van der Waals surface area contributed by atoms with Gasteiger partial charge in [-0.2, -0.15) is 0 Å². The lowest BCUT2D eigenvalue weighted by atomic mass is 10.0. The molecule has 5 heteroatoms. The van der Waals surface area contributed by atoms with E-state index < -0.39 is 0 Å². The zero-order chi connectivity index (χ0) is 13.3. The SMILES string of the molecule is CC(=O)CCC(N)c1ccc2c(c1)oc(=O)n2C. The van der Waals surface area contributed by atoms with Gasteiger partial charge in [0.25, 0.3) is 0 Å². The Morgan fingerprint density at radius 2 is 2.22 bits per heavy atom. The van der Waals surface area contributed by atoms with Gasteiger partial charge in [0.05, 0.1) is 5.52 Å². The fourth-order valence-corrected chi connectivity index (χ4v) is 1.91. The van der Waals surface area contributed by atoms with E-state index in [9.17, 15) is 9.59 Å². The minimum absolute atomic E-state index is 0.123. The van der Waals surface area contributed by atoms with Gasteiger partial charge in [0, 0.05) is 19.5 Å². The maximum absolute atomic E-state index is 11.4. The van der Waals surface area contributed by atoms with E-state index in [4.69, 9.17) is 10.2 Å². The quantitative estimate of drug-likeness (QED) is 0.889. The molecule has 0 saturated heterocycles. The Kier molecular flexibility index (Phi) is 3.34. The molecule has 1 aromatic heterocycles. The third-order valence-electron chi connectivity index (χ3n) is 3.05. The third-order valence-corrected chi connectivity index (χ3v) is 3.05. The van der Waals surface area contributed by atoms with Crippen molar-refractivity contribution in [3.8, 4) is 0 Å². The van der Waals surface area contributed by atoms with E-state index in [1.54, 1.807) is 20.0 Å². The minimum atomic E-state index is -0.389. The topological polar surface area (TPSA) is 78.2 Å². The number of rotatable bonds is 4. The number of fused-ring (bicyclic) bond motifs is 1. The summed E-state index contributed by atoms with van der Waals surface area (Å²) in [6.07, 6.45) is 1.05. The smallest absolute Gasteiger partial charge is 0.408 e. The highest BCUT2D eigenvalue weighted by Gasteiger charge is 2.11. The summed E-state index contributed by atoms with van der Waals surface area (Å²) in [5, 5.41) is 0. The Morgan fingerprint density at radius 1 is 1.50 bits per heavy atom. The molecule has 0 aliphatic carbocycles. The van der Waals surface area contributed by atoms with E-state index in [0.29, 0.717) is 18.4 Å². The Hall–Kier alpha value is -1.88. The summed E-state index contributed by atoms with van der Waals surface area (Å²) < 4.78 is 6.54. The number of nitrogens with zero attached hydrogens (tertiary/aromatic N) is 1. The van der Waals surface area contributed by atoms with Crippen molar-refractivity contribution in [1.82, 2.24) is 4.57 Å². The number of carbonyl (C=O) groups is 1. The normalized spacial score (nSPS) is 12.8. The molecule has 2 N–H and O–H groups in total. The van der Waals surface area contributed by atoms with Crippen LogP contribution >= 0.6 is 0 Å². The lowest BCUT2D eigenvalue weighted by molar-refractivity contribution is -0.117. The van der Waals surface area contributed by atoms with Gasteiger partial charge in [-0.3, -0.25) is 4.57 Å². The Morgan fingerprint density at radius 3 is 2.89 bits per heavy atom. The van der Waals surface area contributed by atoms with Gasteiger partial charge < -0.3 is 14.9 Å². The molecule has 0 aliphatic heterocycles. The summed E-state index contributed by atoms with van der Waals surface area (Å²) in [6.45, 7) is 1.55. The molecule has 5 nitrogen and oxygen atoms in total. The molecule has 0 aliphatic rings. The molecule has 0 bridgehead atoms. The van der Waals surface area contributed by atoms with Gasteiger partial charge in [0.15, 0.2) is 5.58 Å². The van der Waals surface area contributed by atoms with E-state index in [1.807, 2.05) is 12.1 Å². The molecule has 1 unspecified atom stereocenters. The van der Waals surface area contributed by atoms with Crippen molar-refractivity contribution in [1.29, 1.82) is 0 Å². The van der Waals surface area contributed by atoms with Crippen molar-refractivity contribution in [2.24, 2.45) is 12.8 Å². The first-order chi connectivity index (χ1) is 8.49. The Labute approximate surface area is 104 Å². The molecule has 0 fully saturated rings. The molecule has 0 spiro atoms. The van der Waals surface area contributed by atoms with Crippen molar-refractivity contribution in [2.45, 2.75) is 25.8 Å². The van der Waals surface area contributed by atoms with E-state index in [1.165, 1.54) is 4.57 Å². The number of aromatic nitrogens is 1. The van der Waals surface area contributed by atoms with Crippen molar-refractivity contribution in [3.05, 3.63) is 34.3 Å². The zero-order valence-corrected chi connectivity index (χ0v) is 10.5. The highest BCUT2D eigenvalue weighted by molar-refractivity contribution is 5.76. The Bertz CT molecular complexity index is 639. The summed E-state index contributed by atoms with van der Waals surface area (Å²) in [4.78, 5) is 22.3. The molecule has 18 heavy (non-hydrogen) atoms. The van der Waals surface area contributed by atoms with Crippen LogP contribution in [0.5, 0.6) is 0 Å². The van der Waals surface area contributed by atoms with Gasteiger partial charge in [0.1, 0.15) is 5.78 Å². The summed E-state index contributed by atoms with van der Waals surface area (Å²) in [7, 11) is 1.66. The highest BCUT2D eigenvalue weighted by atomic mass is 16.4. The van der Waals surface area contributed by atoms with Crippen molar-refractivity contribution < 1.29 is 9.21 Å². The molecule has 0 saturated carbocycles. The molecule has 96 valence electrons. The molecule has 2 aromatic rings. The number of carbonyl (C=O) groups excluding carboxylic acids is 1. The standard InChI is InChI=1S/C13H16N2O3/c1-8(16)3-5-10(14)9-4-6-11-12(7-9)18-13(17)15(11)2/h4,6-7,10H,3,5,14H2,1-2H3. The number of aryl methyl sites for hydroxylation is 1. The maximum atomic E-state index is 11.4. The average molecular weight is 248 g/mol. The molecule has 1 aromatic carbocycles. The maximum Gasteiger partial charge on any atom is 0.419 e. The van der Waals surface area contributed by atoms with Crippen LogP contribution < -0.4 is 11.5 Å². The van der Waals surface area contributed by atoms with Gasteiger partial charge in [-0.05, 0) is 31.0 Å². The number of nitrogens with two attached hydrogens (primary N) is 1. The van der Waals surface area contributed by atoms with Crippen LogP contribution in [0.4, 0.5) is 0 Å². The molecule has 0 radical (unpaired) electrons. The molecule has 1 atom stereocenters. The van der Waals surface area contributed by atoms with E-state index >= 15 is 0 Å². The lowest BCUT2D eigenvalue weighted by Gasteiger charge is -2.10. The van der Waals surface area contributed by atoms with Gasteiger partial charge in [0.2, 0.25) is 0 Å². The first-order valence-electron chi connectivity index (χ1n) is 5.83. The monoisotopic (exact) mass is 248 g/mol. The van der Waals surface area contributed by atoms with Gasteiger partial charge >= 0.3 is 5.76 Å². The molecular formula is C13H16N2O3. The van der Waals surface area contributed by atoms with Crippen LogP contribution in [0.3, 0.4) is 0 Å². The van der Waals surface area contributed by atoms with E-state index in [0.717, 1.165) is 11.1 Å². The van der Waals surface area contributed by atoms with Gasteiger partial charge in [-0.25, -0.2) is 4.79 Å². The molecule has 0 amide bonds. The van der Waals surface area contributed by atoms with Crippen molar-refractivity contribution in [2.75, 3.05) is 0 Å².